The number of rotatable bonds is 2. The highest BCUT2D eigenvalue weighted by Crippen LogP contribution is 2.33. The van der Waals surface area contributed by atoms with Gasteiger partial charge >= 0.3 is 0 Å². The molecule has 14 heteroatoms. The molecule has 220 valence electrons. The summed E-state index contributed by atoms with van der Waals surface area (Å²) < 4.78 is 35.0. The van der Waals surface area contributed by atoms with Gasteiger partial charge in [0.15, 0.2) is 27.2 Å². The second-order valence-corrected chi connectivity index (χ2v) is 15.0. The quantitative estimate of drug-likeness (QED) is 0.251. The van der Waals surface area contributed by atoms with Crippen LogP contribution in [0, 0.1) is 0 Å². The van der Waals surface area contributed by atoms with Gasteiger partial charge in [-0.25, -0.2) is 8.42 Å². The molecule has 0 spiro atoms. The maximum atomic E-state index is 11.7. The normalized spacial score (nSPS) is 16.8. The van der Waals surface area contributed by atoms with Crippen LogP contribution in [0.25, 0.3) is 0 Å². The van der Waals surface area contributed by atoms with Gasteiger partial charge in [-0.05, 0) is 36.4 Å². The van der Waals surface area contributed by atoms with Gasteiger partial charge in [0.05, 0.1) is 49.6 Å². The van der Waals surface area contributed by atoms with Crippen LogP contribution in [-0.4, -0.2) is 64.7 Å². The van der Waals surface area contributed by atoms with E-state index in [1.807, 2.05) is 36.4 Å². The molecule has 0 aromatic heterocycles. The fourth-order valence-electron chi connectivity index (χ4n) is 3.00. The Bertz CT molecular complexity index is 1440. The average Bonchev–Trinajstić information content (AvgIpc) is 3.20. The lowest BCUT2D eigenvalue weighted by Gasteiger charge is -2.02. The number of halogens is 2. The third kappa shape index (κ3) is 12.5. The summed E-state index contributed by atoms with van der Waals surface area (Å²) in [7, 11) is -5.14. The Hall–Kier alpha value is -1.25. The molecule has 0 amide bonds. The van der Waals surface area contributed by atoms with E-state index in [9.17, 15) is 27.0 Å². The zero-order chi connectivity index (χ0) is 30.4. The highest BCUT2D eigenvalue weighted by Gasteiger charge is 2.29. The van der Waals surface area contributed by atoms with E-state index in [-0.39, 0.29) is 33.1 Å². The van der Waals surface area contributed by atoms with Crippen molar-refractivity contribution in [2.24, 2.45) is 0 Å². The van der Waals surface area contributed by atoms with E-state index in [1.54, 1.807) is 35.7 Å². The molecular formula is C27H26Cl2O6S6. The second-order valence-electron chi connectivity index (χ2n) is 8.09. The molecular weight excluding hydrogens is 684 g/mol. The van der Waals surface area contributed by atoms with Gasteiger partial charge in [0.1, 0.15) is 5.75 Å². The Kier molecular flexibility index (Phi) is 16.2. The molecule has 0 saturated carbocycles. The van der Waals surface area contributed by atoms with Gasteiger partial charge in [-0.3, -0.25) is 18.6 Å². The summed E-state index contributed by atoms with van der Waals surface area (Å²) in [6.07, 6.45) is 0. The summed E-state index contributed by atoms with van der Waals surface area (Å²) in [5.74, 6) is 0.275. The minimum atomic E-state index is -3.60. The van der Waals surface area contributed by atoms with Crippen LogP contribution >= 0.6 is 72.0 Å². The van der Waals surface area contributed by atoms with Crippen LogP contribution in [0.2, 0.25) is 0 Å². The van der Waals surface area contributed by atoms with E-state index in [0.29, 0.717) is 17.3 Å². The summed E-state index contributed by atoms with van der Waals surface area (Å²) in [5.41, 5.74) is 0. The smallest absolute Gasteiger partial charge is 0.186 e. The van der Waals surface area contributed by atoms with Crippen LogP contribution in [0.3, 0.4) is 0 Å². The average molecular weight is 710 g/mol. The van der Waals surface area contributed by atoms with Crippen molar-refractivity contribution in [3.63, 3.8) is 0 Å². The summed E-state index contributed by atoms with van der Waals surface area (Å²) in [6.45, 7) is 0. The van der Waals surface area contributed by atoms with Gasteiger partial charge in [0.2, 0.25) is 0 Å². The molecule has 0 fully saturated rings. The molecule has 2 aliphatic rings. The lowest BCUT2D eigenvalue weighted by atomic mass is 10.4. The number of thiol groups is 2. The predicted molar refractivity (Wildman–Crippen MR) is 175 cm³/mol. The molecule has 3 aromatic carbocycles. The largest absolute Gasteiger partial charge is 0.298 e. The first-order valence-corrected chi connectivity index (χ1v) is 18.6. The molecule has 0 N–H and O–H groups in total. The van der Waals surface area contributed by atoms with Crippen molar-refractivity contribution in [3.05, 3.63) is 72.8 Å². The topological polar surface area (TPSA) is 102 Å². The molecule has 2 aliphatic heterocycles. The summed E-state index contributed by atoms with van der Waals surface area (Å²) in [6, 6.07) is 21.9. The third-order valence-corrected chi connectivity index (χ3v) is 12.1. The molecule has 0 bridgehead atoms. The SMILES string of the molecule is O=C(CCl)CCl.O=C1CS(=O)c2ccccc2S(=O)(=O)C1.O=C1CSc2ccccc2SC1.Sc1ccccc1S. The number of thioether (sulfide) groups is 2. The predicted octanol–water partition coefficient (Wildman–Crippen LogP) is 5.90. The molecule has 6 nitrogen and oxygen atoms in total. The number of fused-ring (bicyclic) bond motifs is 2. The molecule has 2 heterocycles. The first-order valence-electron chi connectivity index (χ1n) is 11.7. The number of hydrogen-bond donors (Lipinski definition) is 2. The number of carbonyl (C=O) groups excluding carboxylic acids is 3. The summed E-state index contributed by atoms with van der Waals surface area (Å²) >= 11 is 21.6. The molecule has 0 radical (unpaired) electrons. The summed E-state index contributed by atoms with van der Waals surface area (Å²) in [4.78, 5) is 36.8. The molecule has 0 saturated heterocycles. The lowest BCUT2D eigenvalue weighted by Crippen LogP contribution is -2.16. The number of sulfone groups is 1. The van der Waals surface area contributed by atoms with Crippen LogP contribution < -0.4 is 0 Å². The van der Waals surface area contributed by atoms with Gasteiger partial charge in [0, 0.05) is 19.6 Å². The Labute approximate surface area is 271 Å². The van der Waals surface area contributed by atoms with Crippen LogP contribution in [0.15, 0.2) is 102 Å². The number of benzene rings is 3. The third-order valence-electron chi connectivity index (χ3n) is 4.88. The van der Waals surface area contributed by atoms with Crippen LogP contribution in [0.4, 0.5) is 0 Å². The van der Waals surface area contributed by atoms with E-state index < -0.39 is 32.2 Å². The Morgan fingerprint density at radius 1 is 0.780 bits per heavy atom. The van der Waals surface area contributed by atoms with Crippen molar-refractivity contribution in [2.75, 3.05) is 34.8 Å². The number of Topliss-reactive ketones (excluding diaryl/α,β-unsaturated/α-hetero) is 3. The monoisotopic (exact) mass is 708 g/mol. The van der Waals surface area contributed by atoms with Gasteiger partial charge in [-0.2, -0.15) is 0 Å². The minimum Gasteiger partial charge on any atom is -0.298 e. The van der Waals surface area contributed by atoms with Gasteiger partial charge in [0.25, 0.3) is 0 Å². The fraction of sp³-hybridized carbons (Fsp3) is 0.222. The fourth-order valence-corrected chi connectivity index (χ4v) is 8.90. The Morgan fingerprint density at radius 2 is 1.24 bits per heavy atom. The van der Waals surface area contributed by atoms with E-state index in [0.717, 1.165) is 9.79 Å². The van der Waals surface area contributed by atoms with Crippen molar-refractivity contribution in [1.29, 1.82) is 0 Å². The van der Waals surface area contributed by atoms with Gasteiger partial charge in [-0.15, -0.1) is 72.0 Å². The zero-order valence-corrected chi connectivity index (χ0v) is 28.0. The van der Waals surface area contributed by atoms with E-state index in [2.05, 4.69) is 37.4 Å². The van der Waals surface area contributed by atoms with Crippen LogP contribution in [0.5, 0.6) is 0 Å². The molecule has 1 unspecified atom stereocenters. The number of hydrogen-bond acceptors (Lipinski definition) is 10. The highest BCUT2D eigenvalue weighted by molar-refractivity contribution is 8.04. The second kappa shape index (κ2) is 18.4. The van der Waals surface area contributed by atoms with Crippen LogP contribution in [0.1, 0.15) is 0 Å². The van der Waals surface area contributed by atoms with E-state index >= 15 is 0 Å². The molecule has 1 atom stereocenters. The number of ketones is 3. The Balaban J connectivity index is 0.000000203. The molecule has 41 heavy (non-hydrogen) atoms. The first-order chi connectivity index (χ1) is 19.5. The van der Waals surface area contributed by atoms with Crippen molar-refractivity contribution in [3.8, 4) is 0 Å². The van der Waals surface area contributed by atoms with Crippen molar-refractivity contribution in [2.45, 2.75) is 29.4 Å². The van der Waals surface area contributed by atoms with Crippen molar-refractivity contribution in [1.82, 2.24) is 0 Å². The summed E-state index contributed by atoms with van der Waals surface area (Å²) in [5, 5.41) is 0. The van der Waals surface area contributed by atoms with Gasteiger partial charge < -0.3 is 0 Å². The molecule has 5 rings (SSSR count). The van der Waals surface area contributed by atoms with Gasteiger partial charge in [-0.1, -0.05) is 36.4 Å². The van der Waals surface area contributed by atoms with E-state index in [1.165, 1.54) is 21.9 Å². The lowest BCUT2D eigenvalue weighted by molar-refractivity contribution is -0.115. The standard InChI is InChI=1S/C9H8O4S2.C9H8OS2.C6H6S2.C3H4Cl2O/c10-7-5-14(11)8-3-1-2-4-9(8)15(12,13)6-7;10-7-5-11-8-3-1-2-4-9(8)12-6-7;7-5-3-1-2-4-6(5)8;4-1-3(6)2-5/h1-4H,5-6H2;1-4H,5-6H2;1-4,7-8H;1-2H2. The Morgan fingerprint density at radius 3 is 1.71 bits per heavy atom. The molecule has 0 aliphatic carbocycles. The minimum absolute atomic E-state index is 0.0224. The number of carbonyl (C=O) groups is 3. The maximum absolute atomic E-state index is 11.7. The first kappa shape index (κ1) is 35.9. The molecule has 3 aromatic rings. The maximum Gasteiger partial charge on any atom is 0.186 e. The van der Waals surface area contributed by atoms with E-state index in [4.69, 9.17) is 23.2 Å². The number of alkyl halides is 2. The highest BCUT2D eigenvalue weighted by atomic mass is 35.5. The van der Waals surface area contributed by atoms with Crippen molar-refractivity contribution < 1.29 is 27.0 Å². The van der Waals surface area contributed by atoms with Crippen LogP contribution in [-0.2, 0) is 35.0 Å². The zero-order valence-electron chi connectivity index (χ0n) is 21.4. The van der Waals surface area contributed by atoms with Crippen molar-refractivity contribution >= 4 is 110 Å².